The number of aryl methyl sites for hydroxylation is 2. The normalized spacial score (nSPS) is 12.3. The summed E-state index contributed by atoms with van der Waals surface area (Å²) in [6.45, 7) is 0. The van der Waals surface area contributed by atoms with Crippen molar-refractivity contribution in [3.8, 4) is 0 Å². The van der Waals surface area contributed by atoms with Crippen molar-refractivity contribution in [2.24, 2.45) is 21.1 Å². The number of hydrogen-bond acceptors (Lipinski definition) is 3. The molecule has 2 aromatic heterocycles. The number of hydrogen-bond donors (Lipinski definition) is 0. The summed E-state index contributed by atoms with van der Waals surface area (Å²) in [6, 6.07) is 0. The Labute approximate surface area is 97.9 Å². The molecular formula is C9H9F3N4O2. The monoisotopic (exact) mass is 262 g/mol. The van der Waals surface area contributed by atoms with Crippen LogP contribution in [0.5, 0.6) is 0 Å². The molecule has 2 heterocycles. The summed E-state index contributed by atoms with van der Waals surface area (Å²) < 4.78 is 40.4. The number of aromatic nitrogens is 4. The number of imidazole rings is 1. The van der Waals surface area contributed by atoms with E-state index in [1.54, 1.807) is 0 Å². The SMILES string of the molecule is Cn1c(=O)c2nc(C(F)(F)F)n(C)c2n(C)c1=O. The van der Waals surface area contributed by atoms with Gasteiger partial charge in [0.05, 0.1) is 0 Å². The molecule has 0 N–H and O–H groups in total. The molecule has 6 nitrogen and oxygen atoms in total. The van der Waals surface area contributed by atoms with Gasteiger partial charge in [-0.15, -0.1) is 0 Å². The highest BCUT2D eigenvalue weighted by molar-refractivity contribution is 5.70. The quantitative estimate of drug-likeness (QED) is 0.671. The third kappa shape index (κ3) is 1.46. The zero-order chi connectivity index (χ0) is 13.8. The van der Waals surface area contributed by atoms with Gasteiger partial charge in [-0.1, -0.05) is 0 Å². The third-order valence-electron chi connectivity index (χ3n) is 2.72. The molecule has 0 aliphatic carbocycles. The van der Waals surface area contributed by atoms with Crippen LogP contribution in [0.2, 0.25) is 0 Å². The van der Waals surface area contributed by atoms with Crippen molar-refractivity contribution in [2.45, 2.75) is 6.18 Å². The zero-order valence-corrected chi connectivity index (χ0v) is 9.74. The van der Waals surface area contributed by atoms with E-state index in [1.165, 1.54) is 14.1 Å². The van der Waals surface area contributed by atoms with Crippen LogP contribution in [0.15, 0.2) is 9.59 Å². The maximum absolute atomic E-state index is 12.7. The molecule has 18 heavy (non-hydrogen) atoms. The Morgan fingerprint density at radius 3 is 2.06 bits per heavy atom. The summed E-state index contributed by atoms with van der Waals surface area (Å²) in [5.74, 6) is -1.21. The maximum Gasteiger partial charge on any atom is 0.449 e. The lowest BCUT2D eigenvalue weighted by Gasteiger charge is -2.07. The van der Waals surface area contributed by atoms with Crippen molar-refractivity contribution in [1.82, 2.24) is 18.7 Å². The lowest BCUT2D eigenvalue weighted by molar-refractivity contribution is -0.146. The first-order valence-corrected chi connectivity index (χ1v) is 4.86. The molecular weight excluding hydrogens is 253 g/mol. The van der Waals surface area contributed by atoms with Gasteiger partial charge < -0.3 is 4.57 Å². The lowest BCUT2D eigenvalue weighted by atomic mass is 10.5. The summed E-state index contributed by atoms with van der Waals surface area (Å²) >= 11 is 0. The molecule has 9 heteroatoms. The molecule has 0 saturated heterocycles. The third-order valence-corrected chi connectivity index (χ3v) is 2.72. The Hall–Kier alpha value is -2.06. The topological polar surface area (TPSA) is 61.8 Å². The van der Waals surface area contributed by atoms with E-state index < -0.39 is 23.2 Å². The second-order valence-electron chi connectivity index (χ2n) is 3.87. The predicted octanol–water partition coefficient (Wildman–Crippen LogP) is -0.0105. The molecule has 2 aromatic rings. The summed E-state index contributed by atoms with van der Waals surface area (Å²) in [7, 11) is 3.58. The first kappa shape index (κ1) is 12.4. The van der Waals surface area contributed by atoms with E-state index in [1.807, 2.05) is 0 Å². The standard InChI is InChI=1S/C9H9F3N4O2/c1-14-5-4(13-7(14)9(10,11)12)6(17)16(3)8(18)15(5)2/h1-3H3. The van der Waals surface area contributed by atoms with Gasteiger partial charge in [0.15, 0.2) is 5.52 Å². The number of halogens is 3. The molecule has 0 saturated carbocycles. The number of rotatable bonds is 0. The predicted molar refractivity (Wildman–Crippen MR) is 56.2 cm³/mol. The van der Waals surface area contributed by atoms with Crippen molar-refractivity contribution in [1.29, 1.82) is 0 Å². The second-order valence-corrected chi connectivity index (χ2v) is 3.87. The van der Waals surface area contributed by atoms with Gasteiger partial charge in [-0.05, 0) is 0 Å². The highest BCUT2D eigenvalue weighted by atomic mass is 19.4. The first-order chi connectivity index (χ1) is 8.16. The van der Waals surface area contributed by atoms with Crippen LogP contribution >= 0.6 is 0 Å². The average molecular weight is 262 g/mol. The Bertz CT molecular complexity index is 750. The van der Waals surface area contributed by atoms with Crippen LogP contribution in [-0.2, 0) is 27.3 Å². The van der Waals surface area contributed by atoms with Gasteiger partial charge in [-0.3, -0.25) is 13.9 Å². The fraction of sp³-hybridized carbons (Fsp3) is 0.444. The Morgan fingerprint density at radius 2 is 1.56 bits per heavy atom. The van der Waals surface area contributed by atoms with Crippen LogP contribution in [0.25, 0.3) is 11.2 Å². The van der Waals surface area contributed by atoms with E-state index in [9.17, 15) is 22.8 Å². The highest BCUT2D eigenvalue weighted by Gasteiger charge is 2.37. The van der Waals surface area contributed by atoms with E-state index in [4.69, 9.17) is 0 Å². The van der Waals surface area contributed by atoms with Gasteiger partial charge in [0.1, 0.15) is 5.65 Å². The van der Waals surface area contributed by atoms with Gasteiger partial charge >= 0.3 is 11.9 Å². The molecule has 0 fully saturated rings. The minimum atomic E-state index is -4.69. The van der Waals surface area contributed by atoms with Crippen molar-refractivity contribution in [2.75, 3.05) is 0 Å². The zero-order valence-electron chi connectivity index (χ0n) is 9.74. The van der Waals surface area contributed by atoms with Crippen molar-refractivity contribution in [3.63, 3.8) is 0 Å². The fourth-order valence-corrected chi connectivity index (χ4v) is 1.83. The number of fused-ring (bicyclic) bond motifs is 1. The summed E-state index contributed by atoms with van der Waals surface area (Å²) in [5.41, 5.74) is -2.09. The molecule has 0 bridgehead atoms. The van der Waals surface area contributed by atoms with Gasteiger partial charge in [-0.25, -0.2) is 9.78 Å². The Morgan fingerprint density at radius 1 is 1.00 bits per heavy atom. The molecule has 0 unspecified atom stereocenters. The molecule has 0 radical (unpaired) electrons. The first-order valence-electron chi connectivity index (χ1n) is 4.86. The molecule has 0 aliphatic heterocycles. The van der Waals surface area contributed by atoms with E-state index >= 15 is 0 Å². The van der Waals surface area contributed by atoms with Crippen LogP contribution in [0.4, 0.5) is 13.2 Å². The largest absolute Gasteiger partial charge is 0.449 e. The van der Waals surface area contributed by atoms with Gasteiger partial charge in [-0.2, -0.15) is 13.2 Å². The molecule has 0 aromatic carbocycles. The van der Waals surface area contributed by atoms with Crippen LogP contribution in [0.1, 0.15) is 5.82 Å². The van der Waals surface area contributed by atoms with E-state index in [2.05, 4.69) is 4.98 Å². The minimum absolute atomic E-state index is 0.157. The summed E-state index contributed by atoms with van der Waals surface area (Å²) in [4.78, 5) is 26.6. The summed E-state index contributed by atoms with van der Waals surface area (Å²) in [5, 5.41) is 0. The smallest absolute Gasteiger partial charge is 0.309 e. The van der Waals surface area contributed by atoms with Crippen molar-refractivity contribution < 1.29 is 13.2 Å². The van der Waals surface area contributed by atoms with Crippen LogP contribution in [0, 0.1) is 0 Å². The van der Waals surface area contributed by atoms with E-state index in [0.29, 0.717) is 4.57 Å². The second kappa shape index (κ2) is 3.47. The number of nitrogens with zero attached hydrogens (tertiary/aromatic N) is 4. The van der Waals surface area contributed by atoms with Crippen LogP contribution in [-0.4, -0.2) is 18.7 Å². The average Bonchev–Trinajstić information content (AvgIpc) is 2.61. The molecule has 0 atom stereocenters. The van der Waals surface area contributed by atoms with Crippen LogP contribution < -0.4 is 11.2 Å². The summed E-state index contributed by atoms with van der Waals surface area (Å²) in [6.07, 6.45) is -4.69. The molecule has 0 amide bonds. The molecule has 2 rings (SSSR count). The Kier molecular flexibility index (Phi) is 2.39. The molecule has 0 spiro atoms. The van der Waals surface area contributed by atoms with Gasteiger partial charge in [0.25, 0.3) is 5.56 Å². The van der Waals surface area contributed by atoms with E-state index in [-0.39, 0.29) is 11.2 Å². The fourth-order valence-electron chi connectivity index (χ4n) is 1.83. The van der Waals surface area contributed by atoms with Gasteiger partial charge in [0.2, 0.25) is 5.82 Å². The van der Waals surface area contributed by atoms with Crippen LogP contribution in [0.3, 0.4) is 0 Å². The highest BCUT2D eigenvalue weighted by Crippen LogP contribution is 2.29. The lowest BCUT2D eigenvalue weighted by Crippen LogP contribution is -2.37. The Balaban J connectivity index is 3.08. The maximum atomic E-state index is 12.7. The number of alkyl halides is 3. The van der Waals surface area contributed by atoms with E-state index in [0.717, 1.165) is 16.2 Å². The minimum Gasteiger partial charge on any atom is -0.309 e. The van der Waals surface area contributed by atoms with Gasteiger partial charge in [0, 0.05) is 21.1 Å². The van der Waals surface area contributed by atoms with Crippen molar-refractivity contribution >= 4 is 11.2 Å². The van der Waals surface area contributed by atoms with Crippen molar-refractivity contribution in [3.05, 3.63) is 26.7 Å². The molecule has 98 valence electrons. The molecule has 0 aliphatic rings.